The molecule has 2 aliphatic carbocycles. The van der Waals surface area contributed by atoms with Gasteiger partial charge in [-0.05, 0) is 54.2 Å². The number of fused-ring (bicyclic) bond motifs is 1. The van der Waals surface area contributed by atoms with E-state index in [9.17, 15) is 8.42 Å². The molecule has 1 aromatic heterocycles. The maximum Gasteiger partial charge on any atom is 0.214 e. The predicted molar refractivity (Wildman–Crippen MR) is 107 cm³/mol. The largest absolute Gasteiger partial charge is 0.347 e. The third-order valence-electron chi connectivity index (χ3n) is 5.64. The third kappa shape index (κ3) is 3.70. The molecule has 5 heteroatoms. The van der Waals surface area contributed by atoms with Crippen LogP contribution in [0.25, 0.3) is 10.9 Å². The fraction of sp³-hybridized carbons (Fsp3) is 0.619. The Bertz CT molecular complexity index is 913. The van der Waals surface area contributed by atoms with Crippen LogP contribution in [0.5, 0.6) is 0 Å². The topological polar surface area (TPSA) is 51.1 Å². The Kier molecular flexibility index (Phi) is 4.43. The zero-order valence-corrected chi connectivity index (χ0v) is 16.9. The van der Waals surface area contributed by atoms with Gasteiger partial charge in [0.05, 0.1) is 5.25 Å². The van der Waals surface area contributed by atoms with Crippen LogP contribution in [-0.2, 0) is 23.1 Å². The minimum Gasteiger partial charge on any atom is -0.347 e. The highest BCUT2D eigenvalue weighted by Crippen LogP contribution is 2.41. The average Bonchev–Trinajstić information content (AvgIpc) is 3.27. The van der Waals surface area contributed by atoms with E-state index in [0.29, 0.717) is 6.54 Å². The van der Waals surface area contributed by atoms with E-state index >= 15 is 0 Å². The van der Waals surface area contributed by atoms with Gasteiger partial charge in [-0.3, -0.25) is 0 Å². The van der Waals surface area contributed by atoms with Crippen LogP contribution in [0.2, 0.25) is 0 Å². The summed E-state index contributed by atoms with van der Waals surface area (Å²) < 4.78 is 30.0. The van der Waals surface area contributed by atoms with Gasteiger partial charge in [0.1, 0.15) is 0 Å². The fourth-order valence-electron chi connectivity index (χ4n) is 3.82. The van der Waals surface area contributed by atoms with Gasteiger partial charge in [-0.1, -0.05) is 39.3 Å². The molecule has 26 heavy (non-hydrogen) atoms. The number of hydrogen-bond donors (Lipinski definition) is 1. The fourth-order valence-corrected chi connectivity index (χ4v) is 5.36. The lowest BCUT2D eigenvalue weighted by Crippen LogP contribution is -2.38. The van der Waals surface area contributed by atoms with Gasteiger partial charge in [-0.15, -0.1) is 0 Å². The minimum atomic E-state index is -3.19. The first kappa shape index (κ1) is 18.1. The molecule has 0 bridgehead atoms. The second kappa shape index (κ2) is 6.38. The Morgan fingerprint density at radius 3 is 2.46 bits per heavy atom. The molecule has 0 saturated heterocycles. The van der Waals surface area contributed by atoms with Crippen LogP contribution >= 0.6 is 0 Å². The van der Waals surface area contributed by atoms with Crippen LogP contribution in [0, 0.1) is 5.41 Å². The van der Waals surface area contributed by atoms with E-state index < -0.39 is 10.0 Å². The van der Waals surface area contributed by atoms with Crippen molar-refractivity contribution in [2.24, 2.45) is 5.41 Å². The molecule has 2 fully saturated rings. The molecule has 4 nitrogen and oxygen atoms in total. The summed E-state index contributed by atoms with van der Waals surface area (Å²) in [6, 6.07) is 6.74. The van der Waals surface area contributed by atoms with E-state index in [1.165, 1.54) is 29.3 Å². The van der Waals surface area contributed by atoms with Gasteiger partial charge in [0.2, 0.25) is 10.0 Å². The summed E-state index contributed by atoms with van der Waals surface area (Å²) in [7, 11) is -3.19. The van der Waals surface area contributed by atoms with Gasteiger partial charge in [-0.25, -0.2) is 13.1 Å². The van der Waals surface area contributed by atoms with Crippen molar-refractivity contribution in [2.75, 3.05) is 0 Å². The molecule has 2 saturated carbocycles. The molecule has 2 aliphatic rings. The van der Waals surface area contributed by atoms with E-state index in [1.54, 1.807) is 0 Å². The van der Waals surface area contributed by atoms with Gasteiger partial charge >= 0.3 is 0 Å². The number of nitrogens with one attached hydrogen (secondary N) is 1. The summed E-state index contributed by atoms with van der Waals surface area (Å²) in [6.07, 6.45) is 7.35. The minimum absolute atomic E-state index is 0.171. The van der Waals surface area contributed by atoms with Crippen LogP contribution in [-0.4, -0.2) is 18.2 Å². The van der Waals surface area contributed by atoms with E-state index in [1.807, 2.05) is 0 Å². The van der Waals surface area contributed by atoms with Crippen molar-refractivity contribution in [3.63, 3.8) is 0 Å². The molecule has 0 spiro atoms. The van der Waals surface area contributed by atoms with E-state index in [4.69, 9.17) is 0 Å². The number of sulfonamides is 1. The maximum atomic E-state index is 12.4. The van der Waals surface area contributed by atoms with Gasteiger partial charge in [0.25, 0.3) is 0 Å². The second-order valence-electron chi connectivity index (χ2n) is 9.31. The van der Waals surface area contributed by atoms with Crippen LogP contribution in [0.3, 0.4) is 0 Å². The maximum absolute atomic E-state index is 12.4. The Morgan fingerprint density at radius 1 is 1.15 bits per heavy atom. The molecule has 0 amide bonds. The number of hydrogen-bond acceptors (Lipinski definition) is 2. The molecule has 0 unspecified atom stereocenters. The van der Waals surface area contributed by atoms with Crippen molar-refractivity contribution in [2.45, 2.75) is 77.1 Å². The Morgan fingerprint density at radius 2 is 1.88 bits per heavy atom. The number of aromatic nitrogens is 1. The second-order valence-corrected chi connectivity index (χ2v) is 11.4. The van der Waals surface area contributed by atoms with Crippen LogP contribution in [0.15, 0.2) is 24.4 Å². The van der Waals surface area contributed by atoms with Crippen LogP contribution in [0.4, 0.5) is 0 Å². The molecule has 1 heterocycles. The normalized spacial score (nSPS) is 19.0. The first-order valence-corrected chi connectivity index (χ1v) is 11.4. The zero-order chi connectivity index (χ0) is 18.5. The van der Waals surface area contributed by atoms with Crippen molar-refractivity contribution in [1.82, 2.24) is 9.29 Å². The molecule has 0 aliphatic heterocycles. The van der Waals surface area contributed by atoms with Crippen molar-refractivity contribution in [3.05, 3.63) is 35.5 Å². The van der Waals surface area contributed by atoms with Crippen LogP contribution < -0.4 is 4.72 Å². The molecule has 1 N–H and O–H groups in total. The first-order valence-electron chi connectivity index (χ1n) is 9.83. The number of nitrogens with zero attached hydrogens (tertiary/aromatic N) is 1. The lowest BCUT2D eigenvalue weighted by Gasteiger charge is -2.25. The molecule has 2 aromatic rings. The summed E-state index contributed by atoms with van der Waals surface area (Å²) in [5.74, 6) is 0.720. The van der Waals surface area contributed by atoms with Crippen molar-refractivity contribution < 1.29 is 8.42 Å². The van der Waals surface area contributed by atoms with Gasteiger partial charge < -0.3 is 4.57 Å². The smallest absolute Gasteiger partial charge is 0.214 e. The van der Waals surface area contributed by atoms with Crippen molar-refractivity contribution >= 4 is 20.9 Å². The molecule has 1 aromatic carbocycles. The number of rotatable bonds is 6. The van der Waals surface area contributed by atoms with Crippen LogP contribution in [0.1, 0.15) is 69.9 Å². The Labute approximate surface area is 157 Å². The highest BCUT2D eigenvalue weighted by molar-refractivity contribution is 7.90. The number of benzene rings is 1. The molecule has 4 rings (SSSR count). The standard InChI is InChI=1S/C21H30N2O2S/c1-21(2,3)14-23-13-17(12-22-26(24,25)18-5-4-6-18)19-10-9-16(11-20(19)23)15-7-8-15/h9-11,13,15,18,22H,4-8,12,14H2,1-3H3. The summed E-state index contributed by atoms with van der Waals surface area (Å²) in [6.45, 7) is 8.02. The molecular weight excluding hydrogens is 344 g/mol. The van der Waals surface area contributed by atoms with Gasteiger partial charge in [0, 0.05) is 30.2 Å². The van der Waals surface area contributed by atoms with E-state index in [0.717, 1.165) is 37.3 Å². The van der Waals surface area contributed by atoms with E-state index in [-0.39, 0.29) is 10.7 Å². The zero-order valence-electron chi connectivity index (χ0n) is 16.1. The monoisotopic (exact) mass is 374 g/mol. The lowest BCUT2D eigenvalue weighted by atomic mass is 9.97. The average molecular weight is 375 g/mol. The van der Waals surface area contributed by atoms with Gasteiger partial charge in [0.15, 0.2) is 0 Å². The molecule has 0 radical (unpaired) electrons. The first-order chi connectivity index (χ1) is 12.2. The van der Waals surface area contributed by atoms with Crippen molar-refractivity contribution in [1.29, 1.82) is 0 Å². The quantitative estimate of drug-likeness (QED) is 0.807. The third-order valence-corrected chi connectivity index (χ3v) is 7.53. The predicted octanol–water partition coefficient (Wildman–Crippen LogP) is 4.54. The summed E-state index contributed by atoms with van der Waals surface area (Å²) in [5, 5.41) is 0.988. The van der Waals surface area contributed by atoms with Crippen molar-refractivity contribution in [3.8, 4) is 0 Å². The summed E-state index contributed by atoms with van der Waals surface area (Å²) in [5.41, 5.74) is 3.91. The summed E-state index contributed by atoms with van der Waals surface area (Å²) in [4.78, 5) is 0. The van der Waals surface area contributed by atoms with E-state index in [2.05, 4.69) is 54.5 Å². The molecule has 142 valence electrons. The molecular formula is C21H30N2O2S. The Hall–Kier alpha value is -1.33. The highest BCUT2D eigenvalue weighted by atomic mass is 32.2. The lowest BCUT2D eigenvalue weighted by molar-refractivity contribution is 0.349. The van der Waals surface area contributed by atoms with Gasteiger partial charge in [-0.2, -0.15) is 0 Å². The summed E-state index contributed by atoms with van der Waals surface area (Å²) >= 11 is 0. The highest BCUT2D eigenvalue weighted by Gasteiger charge is 2.31. The Balaban J connectivity index is 1.65. The SMILES string of the molecule is CC(C)(C)Cn1cc(CNS(=O)(=O)C2CCC2)c2ccc(C3CC3)cc21. The molecule has 0 atom stereocenters.